The first-order chi connectivity index (χ1) is 8.63. The molecule has 18 heavy (non-hydrogen) atoms. The number of hydrogen-bond acceptors (Lipinski definition) is 2. The van der Waals surface area contributed by atoms with Crippen LogP contribution >= 0.6 is 31.9 Å². The molecule has 0 aliphatic carbocycles. The SMILES string of the molecule is CCNC(c1ccc(Br)o1)c1cccc(C)c1Br. The summed E-state index contributed by atoms with van der Waals surface area (Å²) < 4.78 is 7.56. The fourth-order valence-electron chi connectivity index (χ4n) is 1.94. The van der Waals surface area contributed by atoms with Gasteiger partial charge >= 0.3 is 0 Å². The maximum absolute atomic E-state index is 5.68. The minimum atomic E-state index is 0.0653. The highest BCUT2D eigenvalue weighted by atomic mass is 79.9. The average Bonchev–Trinajstić information content (AvgIpc) is 2.77. The number of rotatable bonds is 4. The molecular formula is C14H15Br2NO. The van der Waals surface area contributed by atoms with Crippen LogP contribution in [0.15, 0.2) is 43.9 Å². The normalized spacial score (nSPS) is 12.7. The maximum Gasteiger partial charge on any atom is 0.169 e. The third kappa shape index (κ3) is 2.87. The van der Waals surface area contributed by atoms with E-state index in [1.807, 2.05) is 12.1 Å². The van der Waals surface area contributed by atoms with Crippen molar-refractivity contribution in [3.8, 4) is 0 Å². The van der Waals surface area contributed by atoms with Gasteiger partial charge in [0.05, 0.1) is 6.04 Å². The van der Waals surface area contributed by atoms with E-state index in [9.17, 15) is 0 Å². The zero-order chi connectivity index (χ0) is 13.1. The van der Waals surface area contributed by atoms with Crippen molar-refractivity contribution < 1.29 is 4.42 Å². The molecule has 0 saturated carbocycles. The Kier molecular flexibility index (Phi) is 4.65. The molecular weight excluding hydrogens is 358 g/mol. The second kappa shape index (κ2) is 6.04. The summed E-state index contributed by atoms with van der Waals surface area (Å²) in [6.07, 6.45) is 0. The summed E-state index contributed by atoms with van der Waals surface area (Å²) in [4.78, 5) is 0. The molecule has 0 radical (unpaired) electrons. The fraction of sp³-hybridized carbons (Fsp3) is 0.286. The van der Waals surface area contributed by atoms with E-state index in [0.717, 1.165) is 21.4 Å². The van der Waals surface area contributed by atoms with Crippen molar-refractivity contribution in [2.24, 2.45) is 0 Å². The highest BCUT2D eigenvalue weighted by molar-refractivity contribution is 9.10. The lowest BCUT2D eigenvalue weighted by molar-refractivity contribution is 0.437. The van der Waals surface area contributed by atoms with Crippen molar-refractivity contribution in [3.63, 3.8) is 0 Å². The topological polar surface area (TPSA) is 25.2 Å². The second-order valence-corrected chi connectivity index (χ2v) is 5.69. The molecule has 2 nitrogen and oxygen atoms in total. The van der Waals surface area contributed by atoms with Gasteiger partial charge in [0.2, 0.25) is 0 Å². The van der Waals surface area contributed by atoms with Crippen LogP contribution in [-0.4, -0.2) is 6.54 Å². The Morgan fingerprint density at radius 1 is 1.22 bits per heavy atom. The van der Waals surface area contributed by atoms with Crippen LogP contribution in [0.2, 0.25) is 0 Å². The van der Waals surface area contributed by atoms with Gasteiger partial charge in [0, 0.05) is 4.47 Å². The number of furan rings is 1. The standard InChI is InChI=1S/C14H15Br2NO/c1-3-17-14(11-7-8-12(15)18-11)10-6-4-5-9(2)13(10)16/h4-8,14,17H,3H2,1-2H3. The molecule has 1 atom stereocenters. The van der Waals surface area contributed by atoms with E-state index in [2.05, 4.69) is 69.2 Å². The molecule has 0 aliphatic heterocycles. The molecule has 0 spiro atoms. The second-order valence-electron chi connectivity index (χ2n) is 4.11. The molecule has 2 aromatic rings. The van der Waals surface area contributed by atoms with Crippen molar-refractivity contribution in [2.75, 3.05) is 6.54 Å². The molecule has 0 amide bonds. The van der Waals surface area contributed by atoms with Crippen LogP contribution in [0.3, 0.4) is 0 Å². The molecule has 1 unspecified atom stereocenters. The largest absolute Gasteiger partial charge is 0.452 e. The zero-order valence-corrected chi connectivity index (χ0v) is 13.5. The summed E-state index contributed by atoms with van der Waals surface area (Å²) in [7, 11) is 0. The summed E-state index contributed by atoms with van der Waals surface area (Å²) in [6.45, 7) is 5.06. The maximum atomic E-state index is 5.68. The van der Waals surface area contributed by atoms with Gasteiger partial charge in [0.15, 0.2) is 4.67 Å². The summed E-state index contributed by atoms with van der Waals surface area (Å²) in [5.41, 5.74) is 2.42. The van der Waals surface area contributed by atoms with Gasteiger partial charge in [-0.3, -0.25) is 0 Å². The third-order valence-electron chi connectivity index (χ3n) is 2.82. The van der Waals surface area contributed by atoms with Crippen molar-refractivity contribution >= 4 is 31.9 Å². The third-order valence-corrected chi connectivity index (χ3v) is 4.33. The van der Waals surface area contributed by atoms with Crippen LogP contribution in [-0.2, 0) is 0 Å². The van der Waals surface area contributed by atoms with E-state index in [1.54, 1.807) is 0 Å². The fourth-order valence-corrected chi connectivity index (χ4v) is 2.76. The van der Waals surface area contributed by atoms with Crippen LogP contribution in [0.5, 0.6) is 0 Å². The van der Waals surface area contributed by atoms with E-state index < -0.39 is 0 Å². The molecule has 1 aromatic carbocycles. The predicted molar refractivity (Wildman–Crippen MR) is 80.8 cm³/mol. The Bertz CT molecular complexity index is 536. The number of halogens is 2. The minimum Gasteiger partial charge on any atom is -0.452 e. The lowest BCUT2D eigenvalue weighted by Crippen LogP contribution is -2.22. The van der Waals surface area contributed by atoms with Gasteiger partial charge < -0.3 is 9.73 Å². The Labute approximate surface area is 124 Å². The minimum absolute atomic E-state index is 0.0653. The van der Waals surface area contributed by atoms with Crippen LogP contribution in [0.1, 0.15) is 29.9 Å². The van der Waals surface area contributed by atoms with Crippen molar-refractivity contribution in [1.29, 1.82) is 0 Å². The molecule has 96 valence electrons. The van der Waals surface area contributed by atoms with Gasteiger partial charge in [-0.1, -0.05) is 41.1 Å². The zero-order valence-electron chi connectivity index (χ0n) is 10.3. The van der Waals surface area contributed by atoms with Gasteiger partial charge in [0.25, 0.3) is 0 Å². The molecule has 4 heteroatoms. The van der Waals surface area contributed by atoms with Gasteiger partial charge in [-0.2, -0.15) is 0 Å². The van der Waals surface area contributed by atoms with Crippen LogP contribution < -0.4 is 5.32 Å². The predicted octanol–water partition coefficient (Wildman–Crippen LogP) is 4.81. The Morgan fingerprint density at radius 3 is 2.61 bits per heavy atom. The number of hydrogen-bond donors (Lipinski definition) is 1. The summed E-state index contributed by atoms with van der Waals surface area (Å²) >= 11 is 7.01. The summed E-state index contributed by atoms with van der Waals surface area (Å²) in [6, 6.07) is 10.2. The monoisotopic (exact) mass is 371 g/mol. The Morgan fingerprint density at radius 2 is 2.00 bits per heavy atom. The number of benzene rings is 1. The van der Waals surface area contributed by atoms with Crippen molar-refractivity contribution in [3.05, 3.63) is 56.4 Å². The van der Waals surface area contributed by atoms with Crippen molar-refractivity contribution in [2.45, 2.75) is 19.9 Å². The number of nitrogens with one attached hydrogen (secondary N) is 1. The van der Waals surface area contributed by atoms with E-state index >= 15 is 0 Å². The first kappa shape index (κ1) is 13.8. The smallest absolute Gasteiger partial charge is 0.169 e. The van der Waals surface area contributed by atoms with Crippen LogP contribution in [0, 0.1) is 6.92 Å². The van der Waals surface area contributed by atoms with Crippen LogP contribution in [0.25, 0.3) is 0 Å². The molecule has 0 fully saturated rings. The Balaban J connectivity index is 2.44. The van der Waals surface area contributed by atoms with E-state index in [-0.39, 0.29) is 6.04 Å². The van der Waals surface area contributed by atoms with Gasteiger partial charge in [-0.15, -0.1) is 0 Å². The molecule has 0 saturated heterocycles. The Hall–Kier alpha value is -0.580. The highest BCUT2D eigenvalue weighted by Crippen LogP contribution is 2.32. The molecule has 0 aliphatic rings. The molecule has 0 bridgehead atoms. The average molecular weight is 373 g/mol. The molecule has 1 N–H and O–H groups in total. The van der Waals surface area contributed by atoms with Crippen molar-refractivity contribution in [1.82, 2.24) is 5.32 Å². The molecule has 1 aromatic heterocycles. The molecule has 1 heterocycles. The summed E-state index contributed by atoms with van der Waals surface area (Å²) in [5, 5.41) is 3.45. The van der Waals surface area contributed by atoms with E-state index in [1.165, 1.54) is 11.1 Å². The van der Waals surface area contributed by atoms with Crippen LogP contribution in [0.4, 0.5) is 0 Å². The highest BCUT2D eigenvalue weighted by Gasteiger charge is 2.19. The lowest BCUT2D eigenvalue weighted by Gasteiger charge is -2.18. The first-order valence-electron chi connectivity index (χ1n) is 5.87. The van der Waals surface area contributed by atoms with E-state index in [0.29, 0.717) is 0 Å². The van der Waals surface area contributed by atoms with Gasteiger partial charge in [-0.25, -0.2) is 0 Å². The number of aryl methyl sites for hydroxylation is 1. The molecule has 2 rings (SSSR count). The summed E-state index contributed by atoms with van der Waals surface area (Å²) in [5.74, 6) is 0.912. The first-order valence-corrected chi connectivity index (χ1v) is 7.45. The quantitative estimate of drug-likeness (QED) is 0.832. The van der Waals surface area contributed by atoms with Gasteiger partial charge in [-0.05, 0) is 52.7 Å². The van der Waals surface area contributed by atoms with Gasteiger partial charge in [0.1, 0.15) is 5.76 Å². The lowest BCUT2D eigenvalue weighted by atomic mass is 10.0. The van der Waals surface area contributed by atoms with E-state index in [4.69, 9.17) is 4.42 Å².